The Hall–Kier alpha value is -0.890. The van der Waals surface area contributed by atoms with Crippen molar-refractivity contribution in [1.82, 2.24) is 15.5 Å². The molecule has 0 radical (unpaired) electrons. The molecule has 1 unspecified atom stereocenters. The van der Waals surface area contributed by atoms with Crippen LogP contribution < -0.4 is 10.6 Å². The number of rotatable bonds is 5. The van der Waals surface area contributed by atoms with Gasteiger partial charge in [0.2, 0.25) is 0 Å². The number of benzene rings is 1. The van der Waals surface area contributed by atoms with Crippen molar-refractivity contribution in [2.24, 2.45) is 4.99 Å². The Bertz CT molecular complexity index is 464. The Morgan fingerprint density at radius 2 is 2.05 bits per heavy atom. The summed E-state index contributed by atoms with van der Waals surface area (Å²) in [5, 5.41) is 6.64. The van der Waals surface area contributed by atoms with Gasteiger partial charge in [0.1, 0.15) is 5.82 Å². The first-order valence-corrected chi connectivity index (χ1v) is 7.66. The van der Waals surface area contributed by atoms with Crippen molar-refractivity contribution in [3.05, 3.63) is 35.6 Å². The number of hydrogen-bond donors (Lipinski definition) is 2. The summed E-state index contributed by atoms with van der Waals surface area (Å²) in [7, 11) is 1.77. The van der Waals surface area contributed by atoms with Gasteiger partial charge in [-0.05, 0) is 43.6 Å². The molecule has 1 saturated heterocycles. The minimum absolute atomic E-state index is 0. The van der Waals surface area contributed by atoms with E-state index in [9.17, 15) is 4.39 Å². The lowest BCUT2D eigenvalue weighted by molar-refractivity contribution is 0.267. The monoisotopic (exact) mass is 420 g/mol. The second kappa shape index (κ2) is 9.99. The minimum Gasteiger partial charge on any atom is -0.355 e. The van der Waals surface area contributed by atoms with Crippen LogP contribution in [0, 0.1) is 5.82 Å². The fourth-order valence-electron chi connectivity index (χ4n) is 2.77. The molecule has 0 saturated carbocycles. The van der Waals surface area contributed by atoms with Crippen molar-refractivity contribution in [2.45, 2.75) is 32.4 Å². The first-order chi connectivity index (χ1) is 10.2. The molecule has 1 aliphatic rings. The summed E-state index contributed by atoms with van der Waals surface area (Å²) in [6, 6.07) is 7.12. The fourth-order valence-corrected chi connectivity index (χ4v) is 2.77. The smallest absolute Gasteiger partial charge is 0.191 e. The molecule has 0 aliphatic carbocycles. The topological polar surface area (TPSA) is 39.7 Å². The van der Waals surface area contributed by atoms with Crippen LogP contribution in [-0.2, 0) is 6.54 Å². The maximum atomic E-state index is 12.9. The van der Waals surface area contributed by atoms with Gasteiger partial charge in [0.15, 0.2) is 5.96 Å². The molecule has 1 fully saturated rings. The molecule has 124 valence electrons. The Morgan fingerprint density at radius 3 is 2.68 bits per heavy atom. The van der Waals surface area contributed by atoms with Crippen LogP contribution in [-0.4, -0.2) is 43.6 Å². The van der Waals surface area contributed by atoms with Gasteiger partial charge in [-0.3, -0.25) is 9.89 Å². The van der Waals surface area contributed by atoms with Crippen molar-refractivity contribution < 1.29 is 4.39 Å². The maximum absolute atomic E-state index is 12.9. The highest BCUT2D eigenvalue weighted by Gasteiger charge is 2.22. The lowest BCUT2D eigenvalue weighted by Gasteiger charge is -2.24. The summed E-state index contributed by atoms with van der Waals surface area (Å²) in [5.41, 5.74) is 1.04. The van der Waals surface area contributed by atoms with E-state index in [2.05, 4.69) is 27.4 Å². The average Bonchev–Trinajstić information content (AvgIpc) is 2.96. The van der Waals surface area contributed by atoms with Crippen LogP contribution in [0.2, 0.25) is 0 Å². The molecular weight excluding hydrogens is 394 g/mol. The third-order valence-electron chi connectivity index (χ3n) is 4.01. The Labute approximate surface area is 149 Å². The molecule has 0 amide bonds. The quantitative estimate of drug-likeness (QED) is 0.437. The first kappa shape index (κ1) is 19.2. The highest BCUT2D eigenvalue weighted by atomic mass is 127. The number of guanidine groups is 1. The molecule has 1 aliphatic heterocycles. The van der Waals surface area contributed by atoms with Crippen LogP contribution in [0.1, 0.15) is 25.3 Å². The van der Waals surface area contributed by atoms with Gasteiger partial charge in [0.05, 0.1) is 0 Å². The number of likely N-dealkylation sites (N-methyl/N-ethyl adjacent to an activating group) is 1. The van der Waals surface area contributed by atoms with Crippen LogP contribution in [0.5, 0.6) is 0 Å². The van der Waals surface area contributed by atoms with E-state index in [1.165, 1.54) is 31.5 Å². The summed E-state index contributed by atoms with van der Waals surface area (Å²) < 4.78 is 12.9. The molecule has 4 nitrogen and oxygen atoms in total. The van der Waals surface area contributed by atoms with Gasteiger partial charge in [0.25, 0.3) is 0 Å². The molecule has 1 atom stereocenters. The third kappa shape index (κ3) is 5.72. The summed E-state index contributed by atoms with van der Waals surface area (Å²) >= 11 is 0. The van der Waals surface area contributed by atoms with E-state index in [0.29, 0.717) is 12.6 Å². The van der Waals surface area contributed by atoms with Gasteiger partial charge in [-0.15, -0.1) is 24.0 Å². The highest BCUT2D eigenvalue weighted by Crippen LogP contribution is 2.15. The van der Waals surface area contributed by atoms with Crippen molar-refractivity contribution in [2.75, 3.05) is 26.7 Å². The van der Waals surface area contributed by atoms with Crippen molar-refractivity contribution in [1.29, 1.82) is 0 Å². The van der Waals surface area contributed by atoms with Gasteiger partial charge in [0, 0.05) is 26.2 Å². The normalized spacial score (nSPS) is 18.9. The van der Waals surface area contributed by atoms with E-state index in [1.807, 2.05) is 0 Å². The predicted molar refractivity (Wildman–Crippen MR) is 100 cm³/mol. The second-order valence-corrected chi connectivity index (χ2v) is 5.36. The molecule has 6 heteroatoms. The molecule has 1 heterocycles. The maximum Gasteiger partial charge on any atom is 0.191 e. The molecule has 2 rings (SSSR count). The standard InChI is InChI=1S/C16H25FN4.HI/c1-3-21-10-4-5-15(21)12-20-16(18-2)19-11-13-6-8-14(17)9-7-13;/h6-9,15H,3-5,10-12H2,1-2H3,(H2,18,19,20);1H. The van der Waals surface area contributed by atoms with Gasteiger partial charge < -0.3 is 10.6 Å². The van der Waals surface area contributed by atoms with Crippen molar-refractivity contribution >= 4 is 29.9 Å². The zero-order chi connectivity index (χ0) is 15.1. The second-order valence-electron chi connectivity index (χ2n) is 5.36. The molecule has 1 aromatic carbocycles. The van der Waals surface area contributed by atoms with Gasteiger partial charge in [-0.25, -0.2) is 4.39 Å². The number of halogens is 2. The van der Waals surface area contributed by atoms with E-state index >= 15 is 0 Å². The molecular formula is C16H26FIN4. The average molecular weight is 420 g/mol. The summed E-state index contributed by atoms with van der Waals surface area (Å²) in [6.07, 6.45) is 2.53. The number of aliphatic imine (C=N–C) groups is 1. The van der Waals surface area contributed by atoms with E-state index in [-0.39, 0.29) is 29.8 Å². The number of likely N-dealkylation sites (tertiary alicyclic amines) is 1. The van der Waals surface area contributed by atoms with Gasteiger partial charge in [-0.1, -0.05) is 19.1 Å². The lowest BCUT2D eigenvalue weighted by atomic mass is 10.2. The molecule has 1 aromatic rings. The van der Waals surface area contributed by atoms with E-state index in [0.717, 1.165) is 24.6 Å². The fraction of sp³-hybridized carbons (Fsp3) is 0.562. The Kier molecular flexibility index (Phi) is 8.70. The number of nitrogens with one attached hydrogen (secondary N) is 2. The predicted octanol–water partition coefficient (Wildman–Crippen LogP) is 2.59. The largest absolute Gasteiger partial charge is 0.355 e. The SMILES string of the molecule is CCN1CCCC1CNC(=NC)NCc1ccc(F)cc1.I. The van der Waals surface area contributed by atoms with Crippen molar-refractivity contribution in [3.63, 3.8) is 0 Å². The zero-order valence-corrected chi connectivity index (χ0v) is 15.6. The lowest BCUT2D eigenvalue weighted by Crippen LogP contribution is -2.44. The molecule has 0 spiro atoms. The molecule has 0 bridgehead atoms. The van der Waals surface area contributed by atoms with Gasteiger partial charge >= 0.3 is 0 Å². The van der Waals surface area contributed by atoms with E-state index in [4.69, 9.17) is 0 Å². The first-order valence-electron chi connectivity index (χ1n) is 7.66. The van der Waals surface area contributed by atoms with E-state index < -0.39 is 0 Å². The Morgan fingerprint density at radius 1 is 1.32 bits per heavy atom. The van der Waals surface area contributed by atoms with Crippen LogP contribution in [0.15, 0.2) is 29.3 Å². The molecule has 22 heavy (non-hydrogen) atoms. The van der Waals surface area contributed by atoms with Crippen molar-refractivity contribution in [3.8, 4) is 0 Å². The number of hydrogen-bond acceptors (Lipinski definition) is 2. The van der Waals surface area contributed by atoms with Crippen LogP contribution in [0.25, 0.3) is 0 Å². The summed E-state index contributed by atoms with van der Waals surface area (Å²) in [6.45, 7) is 6.07. The molecule has 2 N–H and O–H groups in total. The summed E-state index contributed by atoms with van der Waals surface area (Å²) in [5.74, 6) is 0.587. The highest BCUT2D eigenvalue weighted by molar-refractivity contribution is 14.0. The van der Waals surface area contributed by atoms with Crippen LogP contribution >= 0.6 is 24.0 Å². The van der Waals surface area contributed by atoms with Gasteiger partial charge in [-0.2, -0.15) is 0 Å². The summed E-state index contributed by atoms with van der Waals surface area (Å²) in [4.78, 5) is 6.73. The Balaban J connectivity index is 0.00000242. The number of nitrogens with zero attached hydrogens (tertiary/aromatic N) is 2. The van der Waals surface area contributed by atoms with E-state index in [1.54, 1.807) is 19.2 Å². The third-order valence-corrected chi connectivity index (χ3v) is 4.01. The van der Waals surface area contributed by atoms with Crippen LogP contribution in [0.4, 0.5) is 4.39 Å². The molecule has 0 aromatic heterocycles. The minimum atomic E-state index is -0.206. The zero-order valence-electron chi connectivity index (χ0n) is 13.3. The van der Waals surface area contributed by atoms with Crippen LogP contribution in [0.3, 0.4) is 0 Å².